The molecule has 0 spiro atoms. The molecular weight excluding hydrogens is 508 g/mol. The van der Waals surface area contributed by atoms with Crippen molar-refractivity contribution in [2.45, 2.75) is 0 Å². The molecule has 0 saturated carbocycles. The molecule has 1 amide bonds. The first-order chi connectivity index (χ1) is 8.97. The molecule has 98 valence electrons. The molecule has 0 aliphatic heterocycles. The van der Waals surface area contributed by atoms with Crippen LogP contribution in [-0.2, 0) is 0 Å². The van der Waals surface area contributed by atoms with E-state index in [9.17, 15) is 4.79 Å². The Morgan fingerprint density at radius 3 is 2.58 bits per heavy atom. The largest absolute Gasteiger partial charge is 0.321 e. The molecule has 0 saturated heterocycles. The summed E-state index contributed by atoms with van der Waals surface area (Å²) < 4.78 is 2.71. The van der Waals surface area contributed by atoms with Crippen LogP contribution in [0.15, 0.2) is 45.3 Å². The lowest BCUT2D eigenvalue weighted by atomic mass is 10.2. The van der Waals surface area contributed by atoms with Crippen molar-refractivity contribution in [1.82, 2.24) is 0 Å². The molecule has 1 N–H and O–H groups in total. The fraction of sp³-hybridized carbons (Fsp3) is 0. The summed E-state index contributed by atoms with van der Waals surface area (Å²) in [5.41, 5.74) is 1.16. The van der Waals surface area contributed by atoms with Gasteiger partial charge in [-0.2, -0.15) is 0 Å². The molecule has 2 aromatic carbocycles. The van der Waals surface area contributed by atoms with E-state index in [1.165, 1.54) is 0 Å². The Kier molecular flexibility index (Phi) is 5.28. The van der Waals surface area contributed by atoms with Gasteiger partial charge in [-0.1, -0.05) is 27.5 Å². The average Bonchev–Trinajstić information content (AvgIpc) is 2.33. The Morgan fingerprint density at radius 1 is 1.16 bits per heavy atom. The van der Waals surface area contributed by atoms with Crippen LogP contribution in [0.2, 0.25) is 5.02 Å². The summed E-state index contributed by atoms with van der Waals surface area (Å²) in [6.45, 7) is 0. The topological polar surface area (TPSA) is 29.1 Å². The molecule has 0 unspecified atom stereocenters. The van der Waals surface area contributed by atoms with Gasteiger partial charge in [-0.15, -0.1) is 0 Å². The van der Waals surface area contributed by atoms with Gasteiger partial charge >= 0.3 is 0 Å². The zero-order chi connectivity index (χ0) is 14.0. The van der Waals surface area contributed by atoms with Crippen LogP contribution < -0.4 is 5.32 Å². The van der Waals surface area contributed by atoms with Crippen LogP contribution in [-0.4, -0.2) is 5.91 Å². The quantitative estimate of drug-likeness (QED) is 0.510. The van der Waals surface area contributed by atoms with Crippen LogP contribution in [0.1, 0.15) is 10.4 Å². The van der Waals surface area contributed by atoms with Crippen molar-refractivity contribution >= 4 is 77.6 Å². The van der Waals surface area contributed by atoms with Gasteiger partial charge in [0.1, 0.15) is 0 Å². The van der Waals surface area contributed by atoms with Crippen LogP contribution in [0.5, 0.6) is 0 Å². The lowest BCUT2D eigenvalue weighted by molar-refractivity contribution is 0.102. The smallest absolute Gasteiger partial charge is 0.257 e. The van der Waals surface area contributed by atoms with Gasteiger partial charge < -0.3 is 5.32 Å². The lowest BCUT2D eigenvalue weighted by Gasteiger charge is -2.09. The third-order valence-electron chi connectivity index (χ3n) is 2.35. The predicted octanol–water partition coefficient (Wildman–Crippen LogP) is 5.72. The maximum atomic E-state index is 12.2. The summed E-state index contributed by atoms with van der Waals surface area (Å²) in [6.07, 6.45) is 0. The number of carbonyl (C=O) groups excluding carboxylic acids is 1. The molecule has 0 aliphatic rings. The van der Waals surface area contributed by atoms with Gasteiger partial charge in [-0.25, -0.2) is 0 Å². The van der Waals surface area contributed by atoms with Gasteiger partial charge in [0.2, 0.25) is 0 Å². The van der Waals surface area contributed by atoms with E-state index in [0.29, 0.717) is 10.6 Å². The van der Waals surface area contributed by atoms with Gasteiger partial charge in [0, 0.05) is 12.5 Å². The average molecular weight is 515 g/mol. The summed E-state index contributed by atoms with van der Waals surface area (Å²) in [5.74, 6) is -0.236. The van der Waals surface area contributed by atoms with Crippen molar-refractivity contribution in [3.05, 3.63) is 59.5 Å². The number of carbonyl (C=O) groups is 1. The first kappa shape index (κ1) is 15.3. The highest BCUT2D eigenvalue weighted by Crippen LogP contribution is 2.27. The molecule has 2 aromatic rings. The number of amides is 1. The van der Waals surface area contributed by atoms with Crippen molar-refractivity contribution in [3.63, 3.8) is 0 Å². The summed E-state index contributed by atoms with van der Waals surface area (Å²) in [4.78, 5) is 12.2. The summed E-state index contributed by atoms with van der Waals surface area (Å²) in [6, 6.07) is 10.9. The maximum Gasteiger partial charge on any atom is 0.257 e. The number of hydrogen-bond acceptors (Lipinski definition) is 1. The third-order valence-corrected chi connectivity index (χ3v) is 4.52. The second-order valence-electron chi connectivity index (χ2n) is 3.70. The minimum atomic E-state index is -0.236. The molecule has 2 rings (SSSR count). The molecule has 6 heteroatoms. The van der Waals surface area contributed by atoms with E-state index in [1.54, 1.807) is 18.2 Å². The van der Waals surface area contributed by atoms with Gasteiger partial charge in [0.25, 0.3) is 5.91 Å². The normalized spacial score (nSPS) is 10.3. The van der Waals surface area contributed by atoms with Gasteiger partial charge in [0.05, 0.1) is 16.3 Å². The standard InChI is InChI=1S/C13H7Br2ClINO/c14-7-1-3-9(11(16)5-7)13(19)18-12-6-8(17)2-4-10(12)15/h1-6H,(H,18,19). The van der Waals surface area contributed by atoms with Gasteiger partial charge in [-0.05, 0) is 74.9 Å². The van der Waals surface area contributed by atoms with Crippen molar-refractivity contribution < 1.29 is 4.79 Å². The Labute approximate surface area is 146 Å². The molecule has 0 radical (unpaired) electrons. The zero-order valence-electron chi connectivity index (χ0n) is 9.38. The molecule has 0 fully saturated rings. The molecule has 0 heterocycles. The summed E-state index contributed by atoms with van der Waals surface area (Å²) in [5, 5.41) is 3.25. The molecule has 19 heavy (non-hydrogen) atoms. The Balaban J connectivity index is 2.28. The molecular formula is C13H7Br2ClINO. The van der Waals surface area contributed by atoms with Crippen molar-refractivity contribution in [1.29, 1.82) is 0 Å². The highest BCUT2D eigenvalue weighted by molar-refractivity contribution is 14.1. The summed E-state index contributed by atoms with van der Waals surface area (Å²) >= 11 is 15.0. The number of rotatable bonds is 2. The number of benzene rings is 2. The molecule has 0 bridgehead atoms. The second kappa shape index (κ2) is 6.56. The van der Waals surface area contributed by atoms with Gasteiger partial charge in [0.15, 0.2) is 0 Å². The first-order valence-electron chi connectivity index (χ1n) is 5.19. The molecule has 2 nitrogen and oxygen atoms in total. The fourth-order valence-electron chi connectivity index (χ4n) is 1.46. The monoisotopic (exact) mass is 513 g/mol. The SMILES string of the molecule is O=C(Nc1cc(I)ccc1Br)c1ccc(Br)cc1Cl. The Morgan fingerprint density at radius 2 is 1.89 bits per heavy atom. The van der Waals surface area contributed by atoms with Crippen molar-refractivity contribution in [3.8, 4) is 0 Å². The van der Waals surface area contributed by atoms with Crippen LogP contribution in [0, 0.1) is 3.57 Å². The number of nitrogens with one attached hydrogen (secondary N) is 1. The zero-order valence-corrected chi connectivity index (χ0v) is 15.5. The highest BCUT2D eigenvalue weighted by atomic mass is 127. The van der Waals surface area contributed by atoms with E-state index in [2.05, 4.69) is 59.8 Å². The van der Waals surface area contributed by atoms with Crippen LogP contribution >= 0.6 is 66.1 Å². The van der Waals surface area contributed by atoms with E-state index >= 15 is 0 Å². The van der Waals surface area contributed by atoms with Crippen LogP contribution in [0.3, 0.4) is 0 Å². The Bertz CT molecular complexity index is 649. The predicted molar refractivity (Wildman–Crippen MR) is 94.0 cm³/mol. The van der Waals surface area contributed by atoms with Crippen molar-refractivity contribution in [2.75, 3.05) is 5.32 Å². The highest BCUT2D eigenvalue weighted by Gasteiger charge is 2.12. The molecule has 0 aliphatic carbocycles. The fourth-order valence-corrected chi connectivity index (χ4v) is 3.05. The first-order valence-corrected chi connectivity index (χ1v) is 8.23. The van der Waals surface area contributed by atoms with E-state index in [0.717, 1.165) is 18.2 Å². The van der Waals surface area contributed by atoms with E-state index in [4.69, 9.17) is 11.6 Å². The maximum absolute atomic E-state index is 12.2. The molecule has 0 atom stereocenters. The molecule has 0 aromatic heterocycles. The number of hydrogen-bond donors (Lipinski definition) is 1. The van der Waals surface area contributed by atoms with Crippen LogP contribution in [0.25, 0.3) is 0 Å². The van der Waals surface area contributed by atoms with E-state index in [-0.39, 0.29) is 5.91 Å². The van der Waals surface area contributed by atoms with E-state index in [1.807, 2.05) is 18.2 Å². The minimum absolute atomic E-state index is 0.236. The summed E-state index contributed by atoms with van der Waals surface area (Å²) in [7, 11) is 0. The van der Waals surface area contributed by atoms with Gasteiger partial charge in [-0.3, -0.25) is 4.79 Å². The Hall–Kier alpha value is -0.110. The van der Waals surface area contributed by atoms with E-state index < -0.39 is 0 Å². The number of halogens is 4. The van der Waals surface area contributed by atoms with Crippen molar-refractivity contribution in [2.24, 2.45) is 0 Å². The minimum Gasteiger partial charge on any atom is -0.321 e. The lowest BCUT2D eigenvalue weighted by Crippen LogP contribution is -2.13. The van der Waals surface area contributed by atoms with Crippen LogP contribution in [0.4, 0.5) is 5.69 Å². The number of anilines is 1. The second-order valence-corrected chi connectivity index (χ2v) is 7.13. The third kappa shape index (κ3) is 3.93.